The van der Waals surface area contributed by atoms with Crippen LogP contribution in [-0.2, 0) is 0 Å². The monoisotopic (exact) mass is 432 g/mol. The summed E-state index contributed by atoms with van der Waals surface area (Å²) in [6.45, 7) is 11.9. The molecule has 9 atom stereocenters. The van der Waals surface area contributed by atoms with Gasteiger partial charge >= 0.3 is 0 Å². The molecule has 3 N–H and O–H groups in total. The van der Waals surface area contributed by atoms with Crippen molar-refractivity contribution in [3.8, 4) is 0 Å². The molecule has 0 aliphatic heterocycles. The summed E-state index contributed by atoms with van der Waals surface area (Å²) >= 11 is 0. The fraction of sp³-hybridized carbons (Fsp3) is 0.929. The Bertz CT molecular complexity index is 686. The van der Waals surface area contributed by atoms with E-state index in [-0.39, 0.29) is 23.5 Å². The SMILES string of the molecule is CC(C)CCCC(C)C1CC(O)C2(CO)C3=CCC4CC(O)CCC4(C)C3CCC12C. The normalized spacial score (nSPS) is 48.0. The van der Waals surface area contributed by atoms with Gasteiger partial charge in [-0.15, -0.1) is 0 Å². The van der Waals surface area contributed by atoms with E-state index in [0.717, 1.165) is 44.4 Å². The highest BCUT2D eigenvalue weighted by Gasteiger charge is 2.68. The fourth-order valence-corrected chi connectivity index (χ4v) is 9.04. The van der Waals surface area contributed by atoms with Crippen LogP contribution in [-0.4, -0.2) is 34.1 Å². The molecule has 3 heteroatoms. The molecule has 4 rings (SSSR count). The maximum absolute atomic E-state index is 11.6. The van der Waals surface area contributed by atoms with Gasteiger partial charge in [-0.25, -0.2) is 0 Å². The Kier molecular flexibility index (Phi) is 6.47. The van der Waals surface area contributed by atoms with Crippen molar-refractivity contribution in [1.29, 1.82) is 0 Å². The summed E-state index contributed by atoms with van der Waals surface area (Å²) in [6, 6.07) is 0. The molecule has 4 aliphatic rings. The minimum atomic E-state index is -0.475. The first-order valence-corrected chi connectivity index (χ1v) is 13.3. The summed E-state index contributed by atoms with van der Waals surface area (Å²) < 4.78 is 0. The van der Waals surface area contributed by atoms with E-state index in [1.807, 2.05) is 0 Å². The highest BCUT2D eigenvalue weighted by Crippen LogP contribution is 2.72. The minimum Gasteiger partial charge on any atom is -0.395 e. The molecule has 0 aromatic rings. The number of hydrogen-bond acceptors (Lipinski definition) is 3. The summed E-state index contributed by atoms with van der Waals surface area (Å²) in [5, 5.41) is 32.8. The topological polar surface area (TPSA) is 60.7 Å². The number of aliphatic hydroxyl groups excluding tert-OH is 3. The van der Waals surface area contributed by atoms with Gasteiger partial charge in [0.2, 0.25) is 0 Å². The number of fused-ring (bicyclic) bond motifs is 5. The number of hydrogen-bond donors (Lipinski definition) is 3. The second-order valence-electron chi connectivity index (χ2n) is 12.8. The predicted octanol–water partition coefficient (Wildman–Crippen LogP) is 5.72. The molecule has 0 radical (unpaired) electrons. The first-order valence-electron chi connectivity index (χ1n) is 13.3. The second-order valence-corrected chi connectivity index (χ2v) is 12.8. The molecule has 0 bridgehead atoms. The van der Waals surface area contributed by atoms with Crippen molar-refractivity contribution in [1.82, 2.24) is 0 Å². The molecule has 0 amide bonds. The van der Waals surface area contributed by atoms with E-state index in [2.05, 4.69) is 40.7 Å². The molecule has 3 fully saturated rings. The summed E-state index contributed by atoms with van der Waals surface area (Å²) in [5.41, 5.74) is 1.09. The third-order valence-corrected chi connectivity index (χ3v) is 11.0. The van der Waals surface area contributed by atoms with Crippen molar-refractivity contribution < 1.29 is 15.3 Å². The van der Waals surface area contributed by atoms with Crippen molar-refractivity contribution in [2.45, 2.75) is 111 Å². The maximum atomic E-state index is 11.6. The van der Waals surface area contributed by atoms with Crippen LogP contribution >= 0.6 is 0 Å². The molecular weight excluding hydrogens is 384 g/mol. The Labute approximate surface area is 190 Å². The smallest absolute Gasteiger partial charge is 0.0664 e. The van der Waals surface area contributed by atoms with Crippen LogP contribution in [0.1, 0.15) is 98.8 Å². The molecule has 3 saturated carbocycles. The van der Waals surface area contributed by atoms with Gasteiger partial charge < -0.3 is 15.3 Å². The fourth-order valence-electron chi connectivity index (χ4n) is 9.04. The lowest BCUT2D eigenvalue weighted by Crippen LogP contribution is -2.58. The van der Waals surface area contributed by atoms with Gasteiger partial charge in [0.1, 0.15) is 0 Å². The van der Waals surface area contributed by atoms with Crippen LogP contribution in [0.25, 0.3) is 0 Å². The third kappa shape index (κ3) is 3.48. The van der Waals surface area contributed by atoms with Crippen molar-refractivity contribution in [3.63, 3.8) is 0 Å². The summed E-state index contributed by atoms with van der Waals surface area (Å²) in [5.74, 6) is 2.79. The van der Waals surface area contributed by atoms with Gasteiger partial charge in [-0.2, -0.15) is 0 Å². The highest BCUT2D eigenvalue weighted by molar-refractivity contribution is 5.35. The average molecular weight is 433 g/mol. The van der Waals surface area contributed by atoms with Crippen LogP contribution in [0.15, 0.2) is 11.6 Å². The Balaban J connectivity index is 1.65. The highest BCUT2D eigenvalue weighted by atomic mass is 16.3. The molecule has 0 aromatic carbocycles. The molecule has 31 heavy (non-hydrogen) atoms. The van der Waals surface area contributed by atoms with E-state index in [0.29, 0.717) is 23.7 Å². The molecule has 0 aromatic heterocycles. The van der Waals surface area contributed by atoms with Gasteiger partial charge in [-0.3, -0.25) is 0 Å². The van der Waals surface area contributed by atoms with E-state index in [4.69, 9.17) is 0 Å². The summed E-state index contributed by atoms with van der Waals surface area (Å²) in [7, 11) is 0. The first kappa shape index (κ1) is 23.8. The Morgan fingerprint density at radius 2 is 1.77 bits per heavy atom. The standard InChI is InChI=1S/C28H48O3/c1-18(2)7-6-8-19(3)24-16-25(31)28(17-29)23-10-9-20-15-21(30)11-13-26(20,4)22(23)12-14-27(24,28)5/h10,18-22,24-25,29-31H,6-9,11-17H2,1-5H3. The molecule has 9 unspecified atom stereocenters. The van der Waals surface area contributed by atoms with Crippen molar-refractivity contribution >= 4 is 0 Å². The lowest BCUT2D eigenvalue weighted by molar-refractivity contribution is -0.108. The Morgan fingerprint density at radius 3 is 2.45 bits per heavy atom. The Morgan fingerprint density at radius 1 is 1.03 bits per heavy atom. The molecule has 178 valence electrons. The van der Waals surface area contributed by atoms with E-state index < -0.39 is 11.5 Å². The van der Waals surface area contributed by atoms with Gasteiger partial charge in [-0.1, -0.05) is 65.5 Å². The quantitative estimate of drug-likeness (QED) is 0.470. The minimum absolute atomic E-state index is 0.0296. The molecular formula is C28H48O3. The van der Waals surface area contributed by atoms with Gasteiger partial charge in [0.05, 0.1) is 18.8 Å². The van der Waals surface area contributed by atoms with Crippen LogP contribution < -0.4 is 0 Å². The number of rotatable bonds is 6. The van der Waals surface area contributed by atoms with Crippen LogP contribution in [0.4, 0.5) is 0 Å². The van der Waals surface area contributed by atoms with Gasteiger partial charge in [0.15, 0.2) is 0 Å². The van der Waals surface area contributed by atoms with E-state index >= 15 is 0 Å². The molecule has 4 aliphatic carbocycles. The zero-order valence-electron chi connectivity index (χ0n) is 20.7. The van der Waals surface area contributed by atoms with E-state index in [1.54, 1.807) is 0 Å². The van der Waals surface area contributed by atoms with Gasteiger partial charge in [0, 0.05) is 5.41 Å². The average Bonchev–Trinajstić information content (AvgIpc) is 2.95. The van der Waals surface area contributed by atoms with E-state index in [1.165, 1.54) is 31.3 Å². The molecule has 3 nitrogen and oxygen atoms in total. The molecule has 0 saturated heterocycles. The van der Waals surface area contributed by atoms with Crippen LogP contribution in [0.2, 0.25) is 0 Å². The number of allylic oxidation sites excluding steroid dienone is 1. The molecule has 0 heterocycles. The number of aliphatic hydroxyl groups is 3. The van der Waals surface area contributed by atoms with E-state index in [9.17, 15) is 15.3 Å². The summed E-state index contributed by atoms with van der Waals surface area (Å²) in [4.78, 5) is 0. The van der Waals surface area contributed by atoms with Crippen molar-refractivity contribution in [2.75, 3.05) is 6.61 Å². The second kappa shape index (κ2) is 8.44. The lowest BCUT2D eigenvalue weighted by atomic mass is 9.43. The zero-order valence-corrected chi connectivity index (χ0v) is 20.7. The largest absolute Gasteiger partial charge is 0.395 e. The van der Waals surface area contributed by atoms with Gasteiger partial charge in [-0.05, 0) is 85.4 Å². The summed E-state index contributed by atoms with van der Waals surface area (Å²) in [6.07, 6.45) is 12.6. The van der Waals surface area contributed by atoms with Crippen LogP contribution in [0, 0.1) is 45.8 Å². The first-order chi connectivity index (χ1) is 14.6. The maximum Gasteiger partial charge on any atom is 0.0664 e. The zero-order chi connectivity index (χ0) is 22.6. The third-order valence-electron chi connectivity index (χ3n) is 11.0. The van der Waals surface area contributed by atoms with Gasteiger partial charge in [0.25, 0.3) is 0 Å². The lowest BCUT2D eigenvalue weighted by Gasteiger charge is -2.62. The predicted molar refractivity (Wildman–Crippen MR) is 126 cm³/mol. The van der Waals surface area contributed by atoms with Crippen molar-refractivity contribution in [3.05, 3.63) is 11.6 Å². The molecule has 0 spiro atoms. The Hall–Kier alpha value is -0.380. The van der Waals surface area contributed by atoms with Crippen LogP contribution in [0.5, 0.6) is 0 Å². The van der Waals surface area contributed by atoms with Crippen LogP contribution in [0.3, 0.4) is 0 Å². The van der Waals surface area contributed by atoms with Crippen molar-refractivity contribution in [2.24, 2.45) is 45.8 Å².